The van der Waals surface area contributed by atoms with E-state index in [1.807, 2.05) is 32.6 Å². The van der Waals surface area contributed by atoms with Gasteiger partial charge in [-0.3, -0.25) is 9.59 Å². The zero-order valence-corrected chi connectivity index (χ0v) is 18.9. The fourth-order valence-corrected chi connectivity index (χ4v) is 4.38. The van der Waals surface area contributed by atoms with Crippen LogP contribution in [0.25, 0.3) is 0 Å². The smallest absolute Gasteiger partial charge is 0.224 e. The van der Waals surface area contributed by atoms with Gasteiger partial charge in [0.25, 0.3) is 0 Å². The van der Waals surface area contributed by atoms with Crippen molar-refractivity contribution in [3.05, 3.63) is 0 Å². The van der Waals surface area contributed by atoms with Gasteiger partial charge in [-0.2, -0.15) is 0 Å². The number of ketones is 1. The van der Waals surface area contributed by atoms with Gasteiger partial charge >= 0.3 is 0 Å². The molecule has 1 amide bonds. The van der Waals surface area contributed by atoms with Gasteiger partial charge in [0.1, 0.15) is 5.78 Å². The monoisotopic (exact) mass is 397 g/mol. The number of carbonyl (C=O) groups is 2. The summed E-state index contributed by atoms with van der Waals surface area (Å²) in [6, 6.07) is 0. The summed E-state index contributed by atoms with van der Waals surface area (Å²) in [5, 5.41) is 0. The molecule has 5 heteroatoms. The van der Waals surface area contributed by atoms with Crippen LogP contribution >= 0.6 is 0 Å². The molecule has 0 radical (unpaired) electrons. The van der Waals surface area contributed by atoms with E-state index < -0.39 is 0 Å². The molecule has 0 N–H and O–H groups in total. The van der Waals surface area contributed by atoms with E-state index in [4.69, 9.17) is 9.47 Å². The maximum absolute atomic E-state index is 12.3. The maximum Gasteiger partial charge on any atom is 0.224 e. The number of hydrogen-bond donors (Lipinski definition) is 0. The van der Waals surface area contributed by atoms with Crippen LogP contribution in [0, 0.1) is 17.8 Å². The molecule has 2 aliphatic rings. The molecule has 164 valence electrons. The SMILES string of the molecule is CC.CC(=O)C1CCC(C2CCN(C(=O)CCOCCOC(C)C)CC2)CC1. The average Bonchev–Trinajstić information content (AvgIpc) is 2.72. The first-order chi connectivity index (χ1) is 13.5. The Hall–Kier alpha value is -0.940. The van der Waals surface area contributed by atoms with Gasteiger partial charge < -0.3 is 14.4 Å². The summed E-state index contributed by atoms with van der Waals surface area (Å²) in [5.74, 6) is 2.37. The van der Waals surface area contributed by atoms with Gasteiger partial charge in [-0.25, -0.2) is 0 Å². The van der Waals surface area contributed by atoms with Gasteiger partial charge in [-0.15, -0.1) is 0 Å². The molecule has 1 aliphatic carbocycles. The molecular formula is C23H43NO4. The van der Waals surface area contributed by atoms with E-state index in [9.17, 15) is 9.59 Å². The number of nitrogens with zero attached hydrogens (tertiary/aromatic N) is 1. The standard InChI is InChI=1S/C21H37NO4.C2H6/c1-16(2)26-15-14-25-13-10-21(24)22-11-8-20(9-12-22)19-6-4-18(5-7-19)17(3)23;1-2/h16,18-20H,4-15H2,1-3H3;1-2H3. The van der Waals surface area contributed by atoms with Crippen LogP contribution in [-0.2, 0) is 19.1 Å². The maximum atomic E-state index is 12.3. The second-order valence-electron chi connectivity index (χ2n) is 8.22. The Kier molecular flexibility index (Phi) is 12.6. The molecule has 0 unspecified atom stereocenters. The number of rotatable bonds is 9. The van der Waals surface area contributed by atoms with E-state index in [0.29, 0.717) is 37.9 Å². The van der Waals surface area contributed by atoms with Crippen molar-refractivity contribution in [2.75, 3.05) is 32.9 Å². The first kappa shape index (κ1) is 25.1. The van der Waals surface area contributed by atoms with E-state index in [1.165, 1.54) is 12.8 Å². The topological polar surface area (TPSA) is 55.8 Å². The molecule has 2 rings (SSSR count). The lowest BCUT2D eigenvalue weighted by molar-refractivity contribution is -0.134. The number of amides is 1. The minimum Gasteiger partial charge on any atom is -0.379 e. The molecule has 1 aliphatic heterocycles. The number of piperidine rings is 1. The summed E-state index contributed by atoms with van der Waals surface area (Å²) in [6.45, 7) is 13.1. The highest BCUT2D eigenvalue weighted by Gasteiger charge is 2.32. The van der Waals surface area contributed by atoms with Crippen molar-refractivity contribution in [1.82, 2.24) is 4.90 Å². The number of Topliss-reactive ketones (excluding diaryl/α,β-unsaturated/α-hetero) is 1. The van der Waals surface area contributed by atoms with Crippen LogP contribution in [0.3, 0.4) is 0 Å². The number of carbonyl (C=O) groups excluding carboxylic acids is 2. The highest BCUT2D eigenvalue weighted by atomic mass is 16.5. The van der Waals surface area contributed by atoms with Gasteiger partial charge in [-0.1, -0.05) is 13.8 Å². The average molecular weight is 398 g/mol. The van der Waals surface area contributed by atoms with Crippen molar-refractivity contribution >= 4 is 11.7 Å². The van der Waals surface area contributed by atoms with E-state index in [1.54, 1.807) is 6.92 Å². The molecule has 1 saturated carbocycles. The van der Waals surface area contributed by atoms with E-state index in [2.05, 4.69) is 0 Å². The number of ether oxygens (including phenoxy) is 2. The summed E-state index contributed by atoms with van der Waals surface area (Å²) in [4.78, 5) is 25.8. The van der Waals surface area contributed by atoms with Gasteiger partial charge in [0.2, 0.25) is 5.91 Å². The minimum absolute atomic E-state index is 0.216. The molecule has 0 spiro atoms. The molecule has 2 fully saturated rings. The lowest BCUT2D eigenvalue weighted by Crippen LogP contribution is -2.41. The van der Waals surface area contributed by atoms with Crippen LogP contribution in [0.1, 0.15) is 79.6 Å². The molecule has 1 saturated heterocycles. The fraction of sp³-hybridized carbons (Fsp3) is 0.913. The molecule has 28 heavy (non-hydrogen) atoms. The molecule has 0 aromatic carbocycles. The summed E-state index contributed by atoms with van der Waals surface area (Å²) in [6.07, 6.45) is 7.43. The first-order valence-electron chi connectivity index (χ1n) is 11.4. The Labute approximate surface area is 172 Å². The van der Waals surface area contributed by atoms with E-state index >= 15 is 0 Å². The second-order valence-corrected chi connectivity index (χ2v) is 8.22. The molecule has 0 bridgehead atoms. The van der Waals surface area contributed by atoms with E-state index in [0.717, 1.165) is 50.6 Å². The zero-order valence-electron chi connectivity index (χ0n) is 18.9. The summed E-state index contributed by atoms with van der Waals surface area (Å²) in [5.41, 5.74) is 0. The predicted molar refractivity (Wildman–Crippen MR) is 113 cm³/mol. The van der Waals surface area contributed by atoms with Crippen LogP contribution < -0.4 is 0 Å². The van der Waals surface area contributed by atoms with Gasteiger partial charge in [0.15, 0.2) is 0 Å². The Morgan fingerprint density at radius 3 is 2.00 bits per heavy atom. The first-order valence-corrected chi connectivity index (χ1v) is 11.4. The normalized spacial score (nSPS) is 23.3. The quantitative estimate of drug-likeness (QED) is 0.538. The highest BCUT2D eigenvalue weighted by Crippen LogP contribution is 2.38. The molecule has 0 aromatic rings. The largest absolute Gasteiger partial charge is 0.379 e. The van der Waals surface area contributed by atoms with Crippen molar-refractivity contribution in [3.8, 4) is 0 Å². The third-order valence-electron chi connectivity index (χ3n) is 6.04. The summed E-state index contributed by atoms with van der Waals surface area (Å²) >= 11 is 0. The lowest BCUT2D eigenvalue weighted by Gasteiger charge is -2.39. The molecule has 1 heterocycles. The van der Waals surface area contributed by atoms with E-state index in [-0.39, 0.29) is 12.0 Å². The Morgan fingerprint density at radius 1 is 0.893 bits per heavy atom. The molecule has 0 atom stereocenters. The van der Waals surface area contributed by atoms with Crippen molar-refractivity contribution in [2.24, 2.45) is 17.8 Å². The second kappa shape index (κ2) is 14.1. The van der Waals surface area contributed by atoms with Crippen molar-refractivity contribution in [1.29, 1.82) is 0 Å². The van der Waals surface area contributed by atoms with Crippen molar-refractivity contribution in [3.63, 3.8) is 0 Å². The third kappa shape index (κ3) is 9.04. The number of likely N-dealkylation sites (tertiary alicyclic amines) is 1. The van der Waals surface area contributed by atoms with Gasteiger partial charge in [-0.05, 0) is 71.1 Å². The van der Waals surface area contributed by atoms with Gasteiger partial charge in [0, 0.05) is 19.0 Å². The Bertz CT molecular complexity index is 436. The van der Waals surface area contributed by atoms with Crippen molar-refractivity contribution in [2.45, 2.75) is 85.7 Å². The Morgan fingerprint density at radius 2 is 1.46 bits per heavy atom. The molecule has 5 nitrogen and oxygen atoms in total. The number of hydrogen-bond acceptors (Lipinski definition) is 4. The predicted octanol–water partition coefficient (Wildman–Crippen LogP) is 4.48. The van der Waals surface area contributed by atoms with Crippen LogP contribution in [0.15, 0.2) is 0 Å². The fourth-order valence-electron chi connectivity index (χ4n) is 4.38. The van der Waals surface area contributed by atoms with Crippen molar-refractivity contribution < 1.29 is 19.1 Å². The lowest BCUT2D eigenvalue weighted by atomic mass is 9.72. The third-order valence-corrected chi connectivity index (χ3v) is 6.04. The zero-order chi connectivity index (χ0) is 20.9. The van der Waals surface area contributed by atoms with Crippen LogP contribution in [-0.4, -0.2) is 55.6 Å². The van der Waals surface area contributed by atoms with Crippen LogP contribution in [0.5, 0.6) is 0 Å². The highest BCUT2D eigenvalue weighted by molar-refractivity contribution is 5.78. The summed E-state index contributed by atoms with van der Waals surface area (Å²) < 4.78 is 10.9. The summed E-state index contributed by atoms with van der Waals surface area (Å²) in [7, 11) is 0. The Balaban J connectivity index is 0.00000190. The minimum atomic E-state index is 0.216. The van der Waals surface area contributed by atoms with Crippen LogP contribution in [0.4, 0.5) is 0 Å². The van der Waals surface area contributed by atoms with Crippen LogP contribution in [0.2, 0.25) is 0 Å². The molecule has 0 aromatic heterocycles. The molecular weight excluding hydrogens is 354 g/mol. The van der Waals surface area contributed by atoms with Gasteiger partial charge in [0.05, 0.1) is 32.3 Å².